The summed E-state index contributed by atoms with van der Waals surface area (Å²) in [5, 5.41) is 14.1. The van der Waals surface area contributed by atoms with E-state index in [2.05, 4.69) is 43.2 Å². The van der Waals surface area contributed by atoms with Gasteiger partial charge in [-0.1, -0.05) is 17.7 Å². The second-order valence-electron chi connectivity index (χ2n) is 8.49. The van der Waals surface area contributed by atoms with Crippen molar-refractivity contribution in [3.8, 4) is 0 Å². The molecule has 1 aromatic carbocycles. The maximum absolute atomic E-state index is 11.2. The minimum absolute atomic E-state index is 0.383. The highest BCUT2D eigenvalue weighted by atomic mass is 35.5. The third kappa shape index (κ3) is 4.60. The summed E-state index contributed by atoms with van der Waals surface area (Å²) < 4.78 is 0. The van der Waals surface area contributed by atoms with Crippen molar-refractivity contribution in [1.82, 2.24) is 24.8 Å². The molecule has 1 amide bonds. The molecular weight excluding hydrogens is 442 g/mol. The number of likely N-dealkylation sites (N-methyl/N-ethyl adjacent to an activating group) is 1. The molecule has 1 fully saturated rings. The zero-order chi connectivity index (χ0) is 22.9. The molecule has 0 bridgehead atoms. The fourth-order valence-electron chi connectivity index (χ4n) is 4.33. The summed E-state index contributed by atoms with van der Waals surface area (Å²) in [6.07, 6.45) is 3.23. The third-order valence-electron chi connectivity index (χ3n) is 6.26. The average molecular weight is 468 g/mol. The van der Waals surface area contributed by atoms with Crippen LogP contribution >= 0.6 is 11.6 Å². The number of nitrogens with zero attached hydrogens (tertiary/aromatic N) is 5. The number of amides is 1. The van der Waals surface area contributed by atoms with E-state index in [1.807, 2.05) is 24.3 Å². The van der Waals surface area contributed by atoms with Crippen molar-refractivity contribution in [2.24, 2.45) is 0 Å². The number of carboxylic acid groups (broad SMARTS) is 1. The highest BCUT2D eigenvalue weighted by Crippen LogP contribution is 2.32. The Bertz CT molecular complexity index is 1220. The van der Waals surface area contributed by atoms with E-state index in [0.717, 1.165) is 59.9 Å². The molecule has 10 heteroatoms. The molecule has 2 aromatic heterocycles. The van der Waals surface area contributed by atoms with E-state index < -0.39 is 6.09 Å². The second-order valence-corrected chi connectivity index (χ2v) is 8.93. The Hall–Kier alpha value is -3.30. The lowest BCUT2D eigenvalue weighted by atomic mass is 10.1. The summed E-state index contributed by atoms with van der Waals surface area (Å²) in [5.41, 5.74) is 4.70. The highest BCUT2D eigenvalue weighted by molar-refractivity contribution is 6.31. The molecule has 5 rings (SSSR count). The van der Waals surface area contributed by atoms with E-state index in [0.29, 0.717) is 30.4 Å². The lowest BCUT2D eigenvalue weighted by Crippen LogP contribution is -2.44. The number of benzene rings is 1. The fourth-order valence-corrected chi connectivity index (χ4v) is 4.56. The lowest BCUT2D eigenvalue weighted by molar-refractivity contribution is 0.150. The Morgan fingerprint density at radius 2 is 1.94 bits per heavy atom. The molecule has 9 nitrogen and oxygen atoms in total. The second kappa shape index (κ2) is 8.92. The zero-order valence-electron chi connectivity index (χ0n) is 18.4. The maximum atomic E-state index is 11.2. The van der Waals surface area contributed by atoms with E-state index in [1.165, 1.54) is 11.2 Å². The first kappa shape index (κ1) is 21.5. The molecule has 0 spiro atoms. The van der Waals surface area contributed by atoms with E-state index in [4.69, 9.17) is 16.7 Å². The summed E-state index contributed by atoms with van der Waals surface area (Å²) in [6.45, 7) is 4.83. The van der Waals surface area contributed by atoms with Crippen LogP contribution in [-0.4, -0.2) is 82.3 Å². The first-order valence-corrected chi connectivity index (χ1v) is 11.4. The summed E-state index contributed by atoms with van der Waals surface area (Å²) in [7, 11) is 2.14. The number of carbonyl (C=O) groups is 1. The molecule has 1 saturated heterocycles. The Kier molecular flexibility index (Phi) is 5.82. The number of hydrogen-bond acceptors (Lipinski definition) is 6. The topological polar surface area (TPSA) is 101 Å². The predicted molar refractivity (Wildman–Crippen MR) is 131 cm³/mol. The van der Waals surface area contributed by atoms with Crippen molar-refractivity contribution in [1.29, 1.82) is 0 Å². The van der Waals surface area contributed by atoms with Crippen molar-refractivity contribution < 1.29 is 9.90 Å². The van der Waals surface area contributed by atoms with E-state index >= 15 is 0 Å². The number of halogens is 1. The SMILES string of the molecule is CN1CCN(c2cc(Cl)cc(Nc3ncnc4[nH]c(C5=CCN(C(=O)O)CC5)cc34)c2)CC1. The molecule has 2 aliphatic rings. The number of nitrogens with one attached hydrogen (secondary N) is 2. The molecule has 0 radical (unpaired) electrons. The molecule has 172 valence electrons. The van der Waals surface area contributed by atoms with E-state index in [1.54, 1.807) is 0 Å². The third-order valence-corrected chi connectivity index (χ3v) is 6.48. The first-order valence-electron chi connectivity index (χ1n) is 11.0. The van der Waals surface area contributed by atoms with E-state index in [9.17, 15) is 4.79 Å². The number of aromatic nitrogens is 3. The molecule has 33 heavy (non-hydrogen) atoms. The van der Waals surface area contributed by atoms with Crippen LogP contribution in [0.1, 0.15) is 12.1 Å². The number of anilines is 3. The summed E-state index contributed by atoms with van der Waals surface area (Å²) in [6, 6.07) is 8.01. The van der Waals surface area contributed by atoms with Gasteiger partial charge in [-0.3, -0.25) is 0 Å². The minimum Gasteiger partial charge on any atom is -0.465 e. The largest absolute Gasteiger partial charge is 0.465 e. The van der Waals surface area contributed by atoms with Gasteiger partial charge in [0.1, 0.15) is 17.8 Å². The fraction of sp³-hybridized carbons (Fsp3) is 0.348. The van der Waals surface area contributed by atoms with Crippen LogP contribution in [0.15, 0.2) is 36.7 Å². The van der Waals surface area contributed by atoms with Gasteiger partial charge in [0.05, 0.1) is 5.39 Å². The molecule has 0 unspecified atom stereocenters. The van der Waals surface area contributed by atoms with Gasteiger partial charge < -0.3 is 30.1 Å². The molecule has 0 saturated carbocycles. The van der Waals surface area contributed by atoms with Crippen LogP contribution in [0.4, 0.5) is 22.0 Å². The highest BCUT2D eigenvalue weighted by Gasteiger charge is 2.19. The lowest BCUT2D eigenvalue weighted by Gasteiger charge is -2.34. The van der Waals surface area contributed by atoms with Crippen LogP contribution in [0.3, 0.4) is 0 Å². The van der Waals surface area contributed by atoms with Gasteiger partial charge in [-0.05, 0) is 43.3 Å². The average Bonchev–Trinajstić information content (AvgIpc) is 3.25. The first-order chi connectivity index (χ1) is 16.0. The maximum Gasteiger partial charge on any atom is 0.407 e. The van der Waals surface area contributed by atoms with Crippen LogP contribution in [0.2, 0.25) is 5.02 Å². The number of rotatable bonds is 4. The number of piperazine rings is 1. The quantitative estimate of drug-likeness (QED) is 0.535. The summed E-state index contributed by atoms with van der Waals surface area (Å²) in [5.74, 6) is 0.692. The molecule has 2 aliphatic heterocycles. The van der Waals surface area contributed by atoms with Crippen molar-refractivity contribution in [2.45, 2.75) is 6.42 Å². The molecule has 4 heterocycles. The van der Waals surface area contributed by atoms with Crippen LogP contribution in [0.25, 0.3) is 16.6 Å². The standard InChI is InChI=1S/C23H26ClN7O2/c1-29-6-8-30(9-7-29)18-11-16(24)10-17(12-18)27-21-19-13-20(28-22(19)26-14-25-21)15-2-4-31(5-3-15)23(32)33/h2,10-14H,3-9H2,1H3,(H,32,33)(H2,25,26,27,28). The molecule has 0 atom stereocenters. The number of hydrogen-bond donors (Lipinski definition) is 3. The van der Waals surface area contributed by atoms with Gasteiger partial charge in [0.2, 0.25) is 0 Å². The van der Waals surface area contributed by atoms with Crippen LogP contribution in [0.5, 0.6) is 0 Å². The number of aromatic amines is 1. The Morgan fingerprint density at radius 1 is 1.12 bits per heavy atom. The van der Waals surface area contributed by atoms with Gasteiger partial charge in [0.25, 0.3) is 0 Å². The van der Waals surface area contributed by atoms with Crippen molar-refractivity contribution in [3.63, 3.8) is 0 Å². The zero-order valence-corrected chi connectivity index (χ0v) is 19.1. The van der Waals surface area contributed by atoms with Crippen molar-refractivity contribution in [2.75, 3.05) is 56.5 Å². The van der Waals surface area contributed by atoms with Crippen LogP contribution < -0.4 is 10.2 Å². The van der Waals surface area contributed by atoms with Crippen molar-refractivity contribution >= 4 is 51.5 Å². The van der Waals surface area contributed by atoms with Gasteiger partial charge in [-0.15, -0.1) is 0 Å². The van der Waals surface area contributed by atoms with Gasteiger partial charge in [0.15, 0.2) is 0 Å². The Balaban J connectivity index is 1.40. The molecular formula is C23H26ClN7O2. The van der Waals surface area contributed by atoms with Gasteiger partial charge in [0, 0.05) is 61.4 Å². The van der Waals surface area contributed by atoms with Crippen LogP contribution in [-0.2, 0) is 0 Å². The number of fused-ring (bicyclic) bond motifs is 1. The van der Waals surface area contributed by atoms with Crippen LogP contribution in [0, 0.1) is 0 Å². The monoisotopic (exact) mass is 467 g/mol. The van der Waals surface area contributed by atoms with Gasteiger partial charge in [-0.2, -0.15) is 0 Å². The molecule has 0 aliphatic carbocycles. The predicted octanol–water partition coefficient (Wildman–Crippen LogP) is 3.87. The molecule has 3 aromatic rings. The Labute approximate surface area is 196 Å². The number of H-pyrrole nitrogens is 1. The normalized spacial score (nSPS) is 17.3. The summed E-state index contributed by atoms with van der Waals surface area (Å²) >= 11 is 6.45. The van der Waals surface area contributed by atoms with Gasteiger partial charge >= 0.3 is 6.09 Å². The smallest absolute Gasteiger partial charge is 0.407 e. The minimum atomic E-state index is -0.892. The summed E-state index contributed by atoms with van der Waals surface area (Å²) in [4.78, 5) is 29.4. The van der Waals surface area contributed by atoms with Crippen molar-refractivity contribution in [3.05, 3.63) is 47.4 Å². The Morgan fingerprint density at radius 3 is 2.67 bits per heavy atom. The van der Waals surface area contributed by atoms with E-state index in [-0.39, 0.29) is 0 Å². The molecule has 3 N–H and O–H groups in total. The van der Waals surface area contributed by atoms with Gasteiger partial charge in [-0.25, -0.2) is 14.8 Å².